The molecule has 2 N–H and O–H groups in total. The highest BCUT2D eigenvalue weighted by molar-refractivity contribution is 6.32. The highest BCUT2D eigenvalue weighted by Crippen LogP contribution is 2.34. The van der Waals surface area contributed by atoms with Crippen LogP contribution in [0.25, 0.3) is 0 Å². The van der Waals surface area contributed by atoms with Gasteiger partial charge >= 0.3 is 5.69 Å². The summed E-state index contributed by atoms with van der Waals surface area (Å²) in [7, 11) is 0. The third-order valence-electron chi connectivity index (χ3n) is 1.91. The van der Waals surface area contributed by atoms with E-state index in [4.69, 9.17) is 27.3 Å². The van der Waals surface area contributed by atoms with Crippen molar-refractivity contribution < 1.29 is 9.66 Å². The fraction of sp³-hybridized carbons (Fsp3) is 0.300. The molecule has 1 unspecified atom stereocenters. The number of nitriles is 1. The fourth-order valence-corrected chi connectivity index (χ4v) is 1.26. The molecule has 1 aromatic carbocycles. The van der Waals surface area contributed by atoms with Crippen LogP contribution in [-0.2, 0) is 0 Å². The summed E-state index contributed by atoms with van der Waals surface area (Å²) < 4.78 is 5.16. The lowest BCUT2D eigenvalue weighted by Crippen LogP contribution is -2.40. The fourth-order valence-electron chi connectivity index (χ4n) is 1.04. The lowest BCUT2D eigenvalue weighted by molar-refractivity contribution is -0.385. The van der Waals surface area contributed by atoms with Crippen molar-refractivity contribution in [1.82, 2.24) is 0 Å². The molecule has 0 heterocycles. The van der Waals surface area contributed by atoms with Crippen LogP contribution in [0.3, 0.4) is 0 Å². The predicted octanol–water partition coefficient (Wildman–Crippen LogP) is 1.87. The Bertz CT molecular complexity index is 482. The molecular formula is C10H10ClN3O3. The standard InChI is InChI=1S/C10H10ClN3O3/c1-10(13,5-12)6-17-9-7(11)3-2-4-8(9)14(15)16/h2-4H,6,13H2,1H3. The van der Waals surface area contributed by atoms with E-state index in [0.717, 1.165) is 0 Å². The predicted molar refractivity (Wildman–Crippen MR) is 61.8 cm³/mol. The second kappa shape index (κ2) is 4.99. The number of hydrogen-bond donors (Lipinski definition) is 1. The van der Waals surface area contributed by atoms with Crippen LogP contribution >= 0.6 is 11.6 Å². The third kappa shape index (κ3) is 3.31. The van der Waals surface area contributed by atoms with Crippen molar-refractivity contribution in [3.05, 3.63) is 33.3 Å². The number of nitro groups is 1. The van der Waals surface area contributed by atoms with Gasteiger partial charge in [-0.05, 0) is 13.0 Å². The van der Waals surface area contributed by atoms with Gasteiger partial charge in [-0.3, -0.25) is 10.1 Å². The highest BCUT2D eigenvalue weighted by Gasteiger charge is 2.23. The van der Waals surface area contributed by atoms with Crippen molar-refractivity contribution >= 4 is 17.3 Å². The molecule has 17 heavy (non-hydrogen) atoms. The van der Waals surface area contributed by atoms with Crippen LogP contribution in [-0.4, -0.2) is 17.1 Å². The topological polar surface area (TPSA) is 102 Å². The maximum Gasteiger partial charge on any atom is 0.312 e. The zero-order valence-corrected chi connectivity index (χ0v) is 9.77. The third-order valence-corrected chi connectivity index (χ3v) is 2.21. The van der Waals surface area contributed by atoms with E-state index in [0.29, 0.717) is 0 Å². The van der Waals surface area contributed by atoms with Crippen LogP contribution in [0.5, 0.6) is 5.75 Å². The van der Waals surface area contributed by atoms with Crippen LogP contribution in [0.1, 0.15) is 6.92 Å². The van der Waals surface area contributed by atoms with Crippen LogP contribution in [0.4, 0.5) is 5.69 Å². The lowest BCUT2D eigenvalue weighted by atomic mass is 10.1. The van der Waals surface area contributed by atoms with Crippen molar-refractivity contribution in [2.45, 2.75) is 12.5 Å². The number of nitro benzene ring substituents is 1. The van der Waals surface area contributed by atoms with Gasteiger partial charge < -0.3 is 10.5 Å². The van der Waals surface area contributed by atoms with Crippen LogP contribution in [0.15, 0.2) is 18.2 Å². The molecule has 90 valence electrons. The summed E-state index contributed by atoms with van der Waals surface area (Å²) in [5, 5.41) is 19.5. The molecule has 0 spiro atoms. The minimum Gasteiger partial charge on any atom is -0.483 e. The quantitative estimate of drug-likeness (QED) is 0.653. The molecule has 6 nitrogen and oxygen atoms in total. The van der Waals surface area contributed by atoms with E-state index in [-0.39, 0.29) is 23.1 Å². The lowest BCUT2D eigenvalue weighted by Gasteiger charge is -2.16. The van der Waals surface area contributed by atoms with Gasteiger partial charge in [0.1, 0.15) is 12.1 Å². The molecule has 0 radical (unpaired) electrons. The summed E-state index contributed by atoms with van der Waals surface area (Å²) in [5.74, 6) is -0.0777. The summed E-state index contributed by atoms with van der Waals surface area (Å²) in [6.07, 6.45) is 0. The molecule has 0 aromatic heterocycles. The summed E-state index contributed by atoms with van der Waals surface area (Å²) >= 11 is 5.79. The maximum absolute atomic E-state index is 10.7. The molecule has 0 bridgehead atoms. The number of rotatable bonds is 4. The minimum absolute atomic E-state index is 0.0777. The molecule has 0 saturated carbocycles. The van der Waals surface area contributed by atoms with E-state index >= 15 is 0 Å². The van der Waals surface area contributed by atoms with E-state index in [1.807, 2.05) is 6.07 Å². The van der Waals surface area contributed by atoms with Gasteiger partial charge in [-0.2, -0.15) is 5.26 Å². The monoisotopic (exact) mass is 255 g/mol. The van der Waals surface area contributed by atoms with Gasteiger partial charge in [0.05, 0.1) is 16.0 Å². The Morgan fingerprint density at radius 2 is 2.35 bits per heavy atom. The van der Waals surface area contributed by atoms with Gasteiger partial charge in [0.2, 0.25) is 5.75 Å². The smallest absolute Gasteiger partial charge is 0.312 e. The van der Waals surface area contributed by atoms with Crippen molar-refractivity contribution in [1.29, 1.82) is 5.26 Å². The number of halogens is 1. The number of nitrogens with zero attached hydrogens (tertiary/aromatic N) is 2. The van der Waals surface area contributed by atoms with Gasteiger partial charge in [0.25, 0.3) is 0 Å². The maximum atomic E-state index is 10.7. The molecular weight excluding hydrogens is 246 g/mol. The minimum atomic E-state index is -1.23. The Labute approximate surface area is 103 Å². The second-order valence-corrected chi connectivity index (χ2v) is 4.07. The van der Waals surface area contributed by atoms with Gasteiger partial charge in [0.15, 0.2) is 0 Å². The Morgan fingerprint density at radius 3 is 2.88 bits per heavy atom. The normalized spacial score (nSPS) is 13.5. The molecule has 0 saturated heterocycles. The Hall–Kier alpha value is -1.84. The Kier molecular flexibility index (Phi) is 3.89. The first-order valence-corrected chi connectivity index (χ1v) is 5.01. The first-order valence-electron chi connectivity index (χ1n) is 4.63. The van der Waals surface area contributed by atoms with E-state index in [1.165, 1.54) is 25.1 Å². The number of hydrogen-bond acceptors (Lipinski definition) is 5. The number of nitrogens with two attached hydrogens (primary N) is 1. The Morgan fingerprint density at radius 1 is 1.71 bits per heavy atom. The highest BCUT2D eigenvalue weighted by atomic mass is 35.5. The van der Waals surface area contributed by atoms with Crippen LogP contribution < -0.4 is 10.5 Å². The summed E-state index contributed by atoms with van der Waals surface area (Å²) in [6, 6.07) is 5.99. The molecule has 7 heteroatoms. The average Bonchev–Trinajstić information content (AvgIpc) is 2.27. The zero-order chi connectivity index (χ0) is 13.1. The first-order chi connectivity index (χ1) is 7.87. The van der Waals surface area contributed by atoms with Crippen molar-refractivity contribution in [2.24, 2.45) is 5.73 Å². The van der Waals surface area contributed by atoms with Gasteiger partial charge in [0, 0.05) is 6.07 Å². The van der Waals surface area contributed by atoms with E-state index in [2.05, 4.69) is 0 Å². The van der Waals surface area contributed by atoms with Gasteiger partial charge in [-0.25, -0.2) is 0 Å². The molecule has 1 rings (SSSR count). The zero-order valence-electron chi connectivity index (χ0n) is 9.01. The molecule has 0 aliphatic carbocycles. The van der Waals surface area contributed by atoms with E-state index < -0.39 is 10.5 Å². The van der Waals surface area contributed by atoms with Crippen molar-refractivity contribution in [3.63, 3.8) is 0 Å². The second-order valence-electron chi connectivity index (χ2n) is 3.66. The first kappa shape index (κ1) is 13.2. The van der Waals surface area contributed by atoms with E-state index in [1.54, 1.807) is 0 Å². The summed E-state index contributed by atoms with van der Waals surface area (Å²) in [4.78, 5) is 10.1. The van der Waals surface area contributed by atoms with E-state index in [9.17, 15) is 10.1 Å². The molecule has 0 aliphatic rings. The molecule has 0 amide bonds. The Balaban J connectivity index is 2.99. The van der Waals surface area contributed by atoms with Gasteiger partial charge in [-0.1, -0.05) is 17.7 Å². The van der Waals surface area contributed by atoms with Crippen LogP contribution in [0, 0.1) is 21.4 Å². The number of para-hydroxylation sites is 1. The molecule has 0 fully saturated rings. The summed E-state index contributed by atoms with van der Waals surface area (Å²) in [6.45, 7) is 1.27. The summed E-state index contributed by atoms with van der Waals surface area (Å²) in [5.41, 5.74) is 4.05. The van der Waals surface area contributed by atoms with Crippen molar-refractivity contribution in [3.8, 4) is 11.8 Å². The van der Waals surface area contributed by atoms with Crippen molar-refractivity contribution in [2.75, 3.05) is 6.61 Å². The van der Waals surface area contributed by atoms with Gasteiger partial charge in [-0.15, -0.1) is 0 Å². The van der Waals surface area contributed by atoms with Crippen LogP contribution in [0.2, 0.25) is 5.02 Å². The largest absolute Gasteiger partial charge is 0.483 e. The molecule has 1 aromatic rings. The molecule has 1 atom stereocenters. The number of ether oxygens (including phenoxy) is 1. The molecule has 0 aliphatic heterocycles. The number of benzene rings is 1. The average molecular weight is 256 g/mol. The SMILES string of the molecule is CC(N)(C#N)COc1c(Cl)cccc1[N+](=O)[O-].